The van der Waals surface area contributed by atoms with Gasteiger partial charge in [0, 0.05) is 11.6 Å². The second-order valence-electron chi connectivity index (χ2n) is 6.27. The monoisotopic (exact) mass is 335 g/mol. The highest BCUT2D eigenvalue weighted by Crippen LogP contribution is 2.33. The first-order valence-electron chi connectivity index (χ1n) is 7.14. The fraction of sp³-hybridized carbons (Fsp3) is 0.294. The molecule has 0 bridgehead atoms. The standard InChI is InChI=1S/C17H21NO4S/c1-17(2,3)15-11-14(8-9-16(15)22-4)23(20,21)18-12-6-5-7-13(19)10-12/h5-11,18-19H,1-4H3. The molecule has 2 rings (SSSR count). The molecule has 0 unspecified atom stereocenters. The lowest BCUT2D eigenvalue weighted by Gasteiger charge is -2.23. The van der Waals surface area contributed by atoms with Crippen molar-refractivity contribution in [2.24, 2.45) is 0 Å². The Labute approximate surface area is 137 Å². The Hall–Kier alpha value is -2.21. The minimum Gasteiger partial charge on any atom is -0.508 e. The summed E-state index contributed by atoms with van der Waals surface area (Å²) in [4.78, 5) is 0.145. The van der Waals surface area contributed by atoms with Gasteiger partial charge in [-0.3, -0.25) is 4.72 Å². The predicted octanol–water partition coefficient (Wildman–Crippen LogP) is 3.50. The van der Waals surface area contributed by atoms with Gasteiger partial charge >= 0.3 is 0 Å². The lowest BCUT2D eigenvalue weighted by Crippen LogP contribution is -2.17. The number of ether oxygens (including phenoxy) is 1. The third kappa shape index (κ3) is 3.96. The minimum atomic E-state index is -3.75. The van der Waals surface area contributed by atoms with E-state index in [9.17, 15) is 13.5 Å². The van der Waals surface area contributed by atoms with Crippen molar-refractivity contribution in [1.29, 1.82) is 0 Å². The van der Waals surface area contributed by atoms with Gasteiger partial charge in [0.15, 0.2) is 0 Å². The Morgan fingerprint density at radius 3 is 2.35 bits per heavy atom. The van der Waals surface area contributed by atoms with Gasteiger partial charge in [0.25, 0.3) is 10.0 Å². The Balaban J connectivity index is 2.44. The van der Waals surface area contributed by atoms with Crippen molar-refractivity contribution in [1.82, 2.24) is 0 Å². The van der Waals surface area contributed by atoms with Gasteiger partial charge in [-0.2, -0.15) is 0 Å². The van der Waals surface area contributed by atoms with Crippen molar-refractivity contribution in [3.8, 4) is 11.5 Å². The first kappa shape index (κ1) is 17.1. The van der Waals surface area contributed by atoms with Crippen molar-refractivity contribution in [2.45, 2.75) is 31.1 Å². The summed E-state index contributed by atoms with van der Waals surface area (Å²) in [5, 5.41) is 9.45. The second-order valence-corrected chi connectivity index (χ2v) is 7.95. The number of hydrogen-bond acceptors (Lipinski definition) is 4. The van der Waals surface area contributed by atoms with E-state index in [2.05, 4.69) is 4.72 Å². The van der Waals surface area contributed by atoms with E-state index in [0.717, 1.165) is 5.56 Å². The Morgan fingerprint density at radius 1 is 1.09 bits per heavy atom. The average molecular weight is 335 g/mol. The van der Waals surface area contributed by atoms with Gasteiger partial charge in [0.05, 0.1) is 17.7 Å². The molecule has 0 spiro atoms. The molecule has 0 aliphatic rings. The minimum absolute atomic E-state index is 0.00434. The van der Waals surface area contributed by atoms with Crippen LogP contribution in [0, 0.1) is 0 Å². The molecule has 0 amide bonds. The van der Waals surface area contributed by atoms with Gasteiger partial charge in [-0.05, 0) is 35.7 Å². The lowest BCUT2D eigenvalue weighted by atomic mass is 9.86. The maximum absolute atomic E-state index is 12.6. The molecular weight excluding hydrogens is 314 g/mol. The number of nitrogens with one attached hydrogen (secondary N) is 1. The maximum Gasteiger partial charge on any atom is 0.261 e. The lowest BCUT2D eigenvalue weighted by molar-refractivity contribution is 0.397. The summed E-state index contributed by atoms with van der Waals surface area (Å²) in [6, 6.07) is 10.7. The summed E-state index contributed by atoms with van der Waals surface area (Å²) >= 11 is 0. The number of benzene rings is 2. The van der Waals surface area contributed by atoms with Crippen LogP contribution >= 0.6 is 0 Å². The van der Waals surface area contributed by atoms with Crippen LogP contribution in [-0.4, -0.2) is 20.6 Å². The highest BCUT2D eigenvalue weighted by Gasteiger charge is 2.23. The molecule has 0 saturated carbocycles. The number of aromatic hydroxyl groups is 1. The molecule has 0 aromatic heterocycles. The topological polar surface area (TPSA) is 75.6 Å². The highest BCUT2D eigenvalue weighted by molar-refractivity contribution is 7.92. The SMILES string of the molecule is COc1ccc(S(=O)(=O)Nc2cccc(O)c2)cc1C(C)(C)C. The van der Waals surface area contributed by atoms with E-state index < -0.39 is 10.0 Å². The van der Waals surface area contributed by atoms with Crippen molar-refractivity contribution >= 4 is 15.7 Å². The van der Waals surface area contributed by atoms with Gasteiger partial charge in [-0.15, -0.1) is 0 Å². The maximum atomic E-state index is 12.6. The molecule has 23 heavy (non-hydrogen) atoms. The van der Waals surface area contributed by atoms with Gasteiger partial charge < -0.3 is 9.84 Å². The molecule has 0 aliphatic heterocycles. The van der Waals surface area contributed by atoms with E-state index in [0.29, 0.717) is 11.4 Å². The van der Waals surface area contributed by atoms with Crippen LogP contribution in [0.2, 0.25) is 0 Å². The van der Waals surface area contributed by atoms with Crippen LogP contribution in [0.5, 0.6) is 11.5 Å². The number of hydrogen-bond donors (Lipinski definition) is 2. The third-order valence-electron chi connectivity index (χ3n) is 3.39. The van der Waals surface area contributed by atoms with E-state index in [1.165, 1.54) is 18.2 Å². The second kappa shape index (κ2) is 6.12. The first-order valence-corrected chi connectivity index (χ1v) is 8.62. The van der Waals surface area contributed by atoms with Crippen molar-refractivity contribution in [3.63, 3.8) is 0 Å². The zero-order chi connectivity index (χ0) is 17.3. The summed E-state index contributed by atoms with van der Waals surface area (Å²) in [5.74, 6) is 0.643. The number of sulfonamides is 1. The molecule has 0 radical (unpaired) electrons. The Kier molecular flexibility index (Phi) is 4.56. The third-order valence-corrected chi connectivity index (χ3v) is 4.77. The molecule has 2 N–H and O–H groups in total. The normalized spacial score (nSPS) is 12.0. The molecule has 2 aromatic carbocycles. The van der Waals surface area contributed by atoms with Crippen molar-refractivity contribution < 1.29 is 18.3 Å². The summed E-state index contributed by atoms with van der Waals surface area (Å²) < 4.78 is 32.9. The van der Waals surface area contributed by atoms with Crippen LogP contribution in [0.4, 0.5) is 5.69 Å². The fourth-order valence-electron chi connectivity index (χ4n) is 2.22. The summed E-state index contributed by atoms with van der Waals surface area (Å²) in [6.45, 7) is 5.97. The predicted molar refractivity (Wildman–Crippen MR) is 90.6 cm³/mol. The van der Waals surface area contributed by atoms with Crippen LogP contribution in [-0.2, 0) is 15.4 Å². The largest absolute Gasteiger partial charge is 0.508 e. The van der Waals surface area contributed by atoms with E-state index in [-0.39, 0.29) is 16.1 Å². The van der Waals surface area contributed by atoms with Crippen LogP contribution in [0.25, 0.3) is 0 Å². The van der Waals surface area contributed by atoms with Crippen LogP contribution < -0.4 is 9.46 Å². The van der Waals surface area contributed by atoms with Gasteiger partial charge in [-0.25, -0.2) is 8.42 Å². The van der Waals surface area contributed by atoms with Gasteiger partial charge in [0.2, 0.25) is 0 Å². The van der Waals surface area contributed by atoms with E-state index in [4.69, 9.17) is 4.74 Å². The van der Waals surface area contributed by atoms with Crippen molar-refractivity contribution in [2.75, 3.05) is 11.8 Å². The molecule has 124 valence electrons. The number of methoxy groups -OCH3 is 1. The van der Waals surface area contributed by atoms with Gasteiger partial charge in [0.1, 0.15) is 11.5 Å². The van der Waals surface area contributed by atoms with Gasteiger partial charge in [-0.1, -0.05) is 26.8 Å². The fourth-order valence-corrected chi connectivity index (χ4v) is 3.30. The molecule has 0 saturated heterocycles. The average Bonchev–Trinajstić information content (AvgIpc) is 2.45. The van der Waals surface area contributed by atoms with Crippen LogP contribution in [0.15, 0.2) is 47.4 Å². The molecule has 2 aromatic rings. The number of rotatable bonds is 4. The molecule has 0 fully saturated rings. The number of anilines is 1. The Bertz CT molecular complexity index is 808. The van der Waals surface area contributed by atoms with E-state index in [1.54, 1.807) is 31.4 Å². The smallest absolute Gasteiger partial charge is 0.261 e. The van der Waals surface area contributed by atoms with E-state index >= 15 is 0 Å². The van der Waals surface area contributed by atoms with Crippen LogP contribution in [0.3, 0.4) is 0 Å². The summed E-state index contributed by atoms with van der Waals surface area (Å²) in [6.07, 6.45) is 0. The quantitative estimate of drug-likeness (QED) is 0.896. The number of phenols is 1. The summed E-state index contributed by atoms with van der Waals surface area (Å²) in [7, 11) is -2.20. The molecule has 6 heteroatoms. The first-order chi connectivity index (χ1) is 10.6. The molecule has 0 aliphatic carbocycles. The number of phenolic OH excluding ortho intramolecular Hbond substituents is 1. The molecule has 5 nitrogen and oxygen atoms in total. The summed E-state index contributed by atoms with van der Waals surface area (Å²) in [5.41, 5.74) is 0.846. The Morgan fingerprint density at radius 2 is 1.78 bits per heavy atom. The zero-order valence-electron chi connectivity index (χ0n) is 13.6. The van der Waals surface area contributed by atoms with Crippen molar-refractivity contribution in [3.05, 3.63) is 48.0 Å². The molecular formula is C17H21NO4S. The molecule has 0 heterocycles. The van der Waals surface area contributed by atoms with Crippen LogP contribution in [0.1, 0.15) is 26.3 Å². The van der Waals surface area contributed by atoms with E-state index in [1.807, 2.05) is 20.8 Å². The highest BCUT2D eigenvalue weighted by atomic mass is 32.2. The molecule has 0 atom stereocenters. The zero-order valence-corrected chi connectivity index (χ0v) is 14.4.